The summed E-state index contributed by atoms with van der Waals surface area (Å²) in [6.45, 7) is 11.8. The van der Waals surface area contributed by atoms with Crippen LogP contribution in [-0.2, 0) is 56.5 Å². The Bertz CT molecular complexity index is 629. The minimum Gasteiger partial charge on any atom is -0.379 e. The van der Waals surface area contributed by atoms with Gasteiger partial charge >= 0.3 is 7.82 Å². The van der Waals surface area contributed by atoms with Crippen LogP contribution in [0.4, 0.5) is 0 Å². The Morgan fingerprint density at radius 2 is 0.532 bits per heavy atom. The highest BCUT2D eigenvalue weighted by Gasteiger charge is 2.12. The SMILES string of the molecule is CCCCCCCCCCCCOCCOCCOCCOCCOCCOCCOCCOCCOCCOCCOP(=O)(O)O. The van der Waals surface area contributed by atoms with Gasteiger partial charge in [0, 0.05) is 6.61 Å². The Labute approximate surface area is 283 Å². The summed E-state index contributed by atoms with van der Waals surface area (Å²) < 4.78 is 69.1. The molecule has 47 heavy (non-hydrogen) atoms. The zero-order valence-corrected chi connectivity index (χ0v) is 30.1. The van der Waals surface area contributed by atoms with Crippen LogP contribution in [0.2, 0.25) is 0 Å². The molecule has 2 N–H and O–H groups in total. The predicted octanol–water partition coefficient (Wildman–Crippen LogP) is 4.18. The summed E-state index contributed by atoms with van der Waals surface area (Å²) in [6.07, 6.45) is 13.4. The third-order valence-electron chi connectivity index (χ3n) is 6.48. The summed E-state index contributed by atoms with van der Waals surface area (Å²) in [5.74, 6) is 0. The predicted molar refractivity (Wildman–Crippen MR) is 178 cm³/mol. The lowest BCUT2D eigenvalue weighted by molar-refractivity contribution is -0.0268. The van der Waals surface area contributed by atoms with Crippen molar-refractivity contribution in [2.45, 2.75) is 71.1 Å². The molecule has 284 valence electrons. The van der Waals surface area contributed by atoms with E-state index < -0.39 is 7.82 Å². The zero-order valence-electron chi connectivity index (χ0n) is 29.2. The van der Waals surface area contributed by atoms with Crippen molar-refractivity contribution in [3.63, 3.8) is 0 Å². The van der Waals surface area contributed by atoms with Gasteiger partial charge < -0.3 is 57.2 Å². The average Bonchev–Trinajstić information content (AvgIpc) is 3.05. The number of phosphoric ester groups is 1. The molecule has 0 aliphatic rings. The van der Waals surface area contributed by atoms with Crippen LogP contribution in [-0.4, -0.2) is 149 Å². The van der Waals surface area contributed by atoms with Gasteiger partial charge in [-0.25, -0.2) is 4.57 Å². The lowest BCUT2D eigenvalue weighted by Gasteiger charge is -2.09. The van der Waals surface area contributed by atoms with Gasteiger partial charge in [-0.2, -0.15) is 0 Å². The van der Waals surface area contributed by atoms with Crippen LogP contribution in [0, 0.1) is 0 Å². The van der Waals surface area contributed by atoms with E-state index in [2.05, 4.69) is 11.4 Å². The minimum absolute atomic E-state index is 0.0819. The van der Waals surface area contributed by atoms with Gasteiger partial charge in [-0.1, -0.05) is 64.7 Å². The van der Waals surface area contributed by atoms with Crippen LogP contribution >= 0.6 is 7.82 Å². The third-order valence-corrected chi connectivity index (χ3v) is 7.00. The molecule has 0 bridgehead atoms. The maximum atomic E-state index is 10.5. The summed E-state index contributed by atoms with van der Waals surface area (Å²) in [4.78, 5) is 17.0. The van der Waals surface area contributed by atoms with E-state index in [-0.39, 0.29) is 13.2 Å². The van der Waals surface area contributed by atoms with Crippen molar-refractivity contribution >= 4 is 7.82 Å². The smallest absolute Gasteiger partial charge is 0.379 e. The highest BCUT2D eigenvalue weighted by Crippen LogP contribution is 2.35. The van der Waals surface area contributed by atoms with Gasteiger partial charge in [-0.15, -0.1) is 0 Å². The lowest BCUT2D eigenvalue weighted by Crippen LogP contribution is -2.15. The van der Waals surface area contributed by atoms with Gasteiger partial charge in [0.05, 0.1) is 132 Å². The van der Waals surface area contributed by atoms with Crippen LogP contribution < -0.4 is 0 Å². The first-order valence-corrected chi connectivity index (χ1v) is 19.1. The molecule has 0 aliphatic heterocycles. The van der Waals surface area contributed by atoms with Crippen molar-refractivity contribution in [3.05, 3.63) is 0 Å². The second-order valence-electron chi connectivity index (χ2n) is 10.6. The Morgan fingerprint density at radius 1 is 0.319 bits per heavy atom. The van der Waals surface area contributed by atoms with Crippen molar-refractivity contribution < 1.29 is 66.2 Å². The van der Waals surface area contributed by atoms with Crippen LogP contribution in [0.5, 0.6) is 0 Å². The topological polar surface area (TPSA) is 159 Å². The van der Waals surface area contributed by atoms with E-state index in [1.54, 1.807) is 0 Å². The molecule has 0 aromatic carbocycles. The molecule has 0 spiro atoms. The molecule has 0 saturated carbocycles. The fraction of sp³-hybridized carbons (Fsp3) is 1.00. The van der Waals surface area contributed by atoms with Crippen molar-refractivity contribution in [1.82, 2.24) is 0 Å². The Morgan fingerprint density at radius 3 is 0.787 bits per heavy atom. The first kappa shape index (κ1) is 46.7. The van der Waals surface area contributed by atoms with Gasteiger partial charge in [-0.3, -0.25) is 4.52 Å². The molecular formula is C32H67O14P. The summed E-state index contributed by atoms with van der Waals surface area (Å²) in [5, 5.41) is 0. The fourth-order valence-electron chi connectivity index (χ4n) is 3.99. The summed E-state index contributed by atoms with van der Waals surface area (Å²) in [7, 11) is -4.43. The largest absolute Gasteiger partial charge is 0.469 e. The maximum absolute atomic E-state index is 10.5. The van der Waals surface area contributed by atoms with Crippen molar-refractivity contribution in [1.29, 1.82) is 0 Å². The van der Waals surface area contributed by atoms with E-state index >= 15 is 0 Å². The Balaban J connectivity index is 3.06. The summed E-state index contributed by atoms with van der Waals surface area (Å²) in [6, 6.07) is 0. The van der Waals surface area contributed by atoms with E-state index in [9.17, 15) is 4.57 Å². The first-order valence-electron chi connectivity index (χ1n) is 17.5. The second kappa shape index (κ2) is 40.1. The number of phosphoric acid groups is 1. The lowest BCUT2D eigenvalue weighted by atomic mass is 10.1. The second-order valence-corrected chi connectivity index (χ2v) is 11.9. The molecule has 0 aromatic heterocycles. The number of hydrogen-bond donors (Lipinski definition) is 2. The van der Waals surface area contributed by atoms with E-state index in [0.717, 1.165) is 13.0 Å². The molecule has 0 radical (unpaired) electrons. The highest BCUT2D eigenvalue weighted by molar-refractivity contribution is 7.46. The number of rotatable bonds is 42. The normalized spacial score (nSPS) is 12.0. The molecule has 0 aliphatic carbocycles. The first-order chi connectivity index (χ1) is 23.1. The van der Waals surface area contributed by atoms with Crippen molar-refractivity contribution in [3.8, 4) is 0 Å². The molecule has 0 unspecified atom stereocenters. The van der Waals surface area contributed by atoms with Gasteiger partial charge in [0.1, 0.15) is 0 Å². The number of ether oxygens (including phenoxy) is 10. The van der Waals surface area contributed by atoms with Crippen molar-refractivity contribution in [2.24, 2.45) is 0 Å². The molecular weight excluding hydrogens is 639 g/mol. The Kier molecular flexibility index (Phi) is 39.9. The third kappa shape index (κ3) is 45.7. The average molecular weight is 707 g/mol. The zero-order chi connectivity index (χ0) is 34.2. The molecule has 0 aromatic rings. The number of unbranched alkanes of at least 4 members (excludes halogenated alkanes) is 9. The molecule has 0 fully saturated rings. The van der Waals surface area contributed by atoms with Gasteiger partial charge in [-0.05, 0) is 6.42 Å². The van der Waals surface area contributed by atoms with Crippen LogP contribution in [0.3, 0.4) is 0 Å². The monoisotopic (exact) mass is 706 g/mol. The van der Waals surface area contributed by atoms with Crippen molar-refractivity contribution in [2.75, 3.05) is 139 Å². The molecule has 15 heteroatoms. The summed E-state index contributed by atoms with van der Waals surface area (Å²) in [5.41, 5.74) is 0. The fourth-order valence-corrected chi connectivity index (χ4v) is 4.30. The maximum Gasteiger partial charge on any atom is 0.469 e. The molecule has 0 rings (SSSR count). The van der Waals surface area contributed by atoms with Gasteiger partial charge in [0.25, 0.3) is 0 Å². The highest BCUT2D eigenvalue weighted by atomic mass is 31.2. The van der Waals surface area contributed by atoms with Gasteiger partial charge in [0.2, 0.25) is 0 Å². The summed E-state index contributed by atoms with van der Waals surface area (Å²) >= 11 is 0. The standard InChI is InChI=1S/C32H67O14P/c1-2-3-4-5-6-7-8-9-10-11-12-36-13-14-37-15-16-38-17-18-39-19-20-40-21-22-41-23-24-42-25-26-43-27-28-44-29-30-45-31-32-46-47(33,34)35/h2-32H2,1H3,(H2,33,34,35). The Hall–Kier alpha value is -0.290. The minimum atomic E-state index is -4.43. The van der Waals surface area contributed by atoms with E-state index in [0.29, 0.717) is 119 Å². The van der Waals surface area contributed by atoms with E-state index in [1.165, 1.54) is 57.8 Å². The van der Waals surface area contributed by atoms with Crippen LogP contribution in [0.25, 0.3) is 0 Å². The molecule has 0 saturated heterocycles. The van der Waals surface area contributed by atoms with E-state index in [4.69, 9.17) is 57.2 Å². The van der Waals surface area contributed by atoms with Crippen LogP contribution in [0.1, 0.15) is 71.1 Å². The molecule has 0 atom stereocenters. The van der Waals surface area contributed by atoms with Gasteiger partial charge in [0.15, 0.2) is 0 Å². The number of hydrogen-bond acceptors (Lipinski definition) is 12. The van der Waals surface area contributed by atoms with Crippen LogP contribution in [0.15, 0.2) is 0 Å². The molecule has 0 amide bonds. The molecule has 0 heterocycles. The quantitative estimate of drug-likeness (QED) is 0.0688. The molecule has 14 nitrogen and oxygen atoms in total. The van der Waals surface area contributed by atoms with E-state index in [1.807, 2.05) is 0 Å².